The van der Waals surface area contributed by atoms with Crippen LogP contribution in [-0.2, 0) is 11.3 Å². The van der Waals surface area contributed by atoms with Crippen LogP contribution in [0.3, 0.4) is 0 Å². The molecule has 0 aliphatic heterocycles. The summed E-state index contributed by atoms with van der Waals surface area (Å²) in [6.07, 6.45) is 0. The number of alkyl halides is 1. The first-order valence-electron chi connectivity index (χ1n) is 3.75. The topological polar surface area (TPSA) is 29.1 Å². The third-order valence-corrected chi connectivity index (χ3v) is 3.25. The van der Waals surface area contributed by atoms with Gasteiger partial charge in [-0.25, -0.2) is 0 Å². The van der Waals surface area contributed by atoms with Gasteiger partial charge >= 0.3 is 0 Å². The van der Waals surface area contributed by atoms with Crippen molar-refractivity contribution in [1.29, 1.82) is 0 Å². The van der Waals surface area contributed by atoms with Gasteiger partial charge in [0.15, 0.2) is 0 Å². The van der Waals surface area contributed by atoms with Crippen molar-refractivity contribution in [2.45, 2.75) is 18.8 Å². The molecular formula is C8H9BrClNOS. The lowest BCUT2D eigenvalue weighted by Gasteiger charge is -2.03. The molecular weight excluding hydrogens is 274 g/mol. The van der Waals surface area contributed by atoms with Crippen molar-refractivity contribution < 1.29 is 4.79 Å². The minimum Gasteiger partial charge on any atom is -0.350 e. The van der Waals surface area contributed by atoms with Gasteiger partial charge in [0.05, 0.1) is 10.3 Å². The Morgan fingerprint density at radius 2 is 2.46 bits per heavy atom. The maximum absolute atomic E-state index is 11.1. The molecule has 0 aromatic carbocycles. The van der Waals surface area contributed by atoms with Gasteiger partial charge in [-0.3, -0.25) is 4.79 Å². The Balaban J connectivity index is 2.39. The number of halogens is 2. The number of carbonyl (C=O) groups is 1. The standard InChI is InChI=1S/C8H9BrClNOS/c1-5(10)8(12)11-4-6-2-3-7(9)13-6/h2-3,5H,4H2,1H3,(H,11,12). The van der Waals surface area contributed by atoms with E-state index >= 15 is 0 Å². The fourth-order valence-electron chi connectivity index (χ4n) is 0.762. The second-order valence-electron chi connectivity index (χ2n) is 2.54. The molecule has 1 aromatic heterocycles. The maximum atomic E-state index is 11.1. The van der Waals surface area contributed by atoms with Gasteiger partial charge in [-0.1, -0.05) is 0 Å². The van der Waals surface area contributed by atoms with E-state index in [0.717, 1.165) is 8.66 Å². The highest BCUT2D eigenvalue weighted by Gasteiger charge is 2.08. The molecule has 0 saturated carbocycles. The van der Waals surface area contributed by atoms with Crippen LogP contribution in [0.5, 0.6) is 0 Å². The van der Waals surface area contributed by atoms with Crippen molar-refractivity contribution in [2.24, 2.45) is 0 Å². The summed E-state index contributed by atoms with van der Waals surface area (Å²) in [4.78, 5) is 12.2. The Labute approximate surface area is 94.4 Å². The summed E-state index contributed by atoms with van der Waals surface area (Å²) in [6, 6.07) is 3.92. The monoisotopic (exact) mass is 281 g/mol. The van der Waals surface area contributed by atoms with E-state index in [9.17, 15) is 4.79 Å². The van der Waals surface area contributed by atoms with Crippen LogP contribution in [0.15, 0.2) is 15.9 Å². The van der Waals surface area contributed by atoms with Crippen molar-refractivity contribution in [1.82, 2.24) is 5.32 Å². The molecule has 1 atom stereocenters. The zero-order chi connectivity index (χ0) is 9.84. The van der Waals surface area contributed by atoms with E-state index in [1.165, 1.54) is 0 Å². The predicted molar refractivity (Wildman–Crippen MR) is 59.2 cm³/mol. The first kappa shape index (κ1) is 11.0. The van der Waals surface area contributed by atoms with E-state index < -0.39 is 5.38 Å². The third-order valence-electron chi connectivity index (χ3n) is 1.43. The lowest BCUT2D eigenvalue weighted by molar-refractivity contribution is -0.120. The average molecular weight is 283 g/mol. The summed E-state index contributed by atoms with van der Waals surface area (Å²) < 4.78 is 1.07. The van der Waals surface area contributed by atoms with E-state index in [-0.39, 0.29) is 5.91 Å². The SMILES string of the molecule is CC(Cl)C(=O)NCc1ccc(Br)s1. The summed E-state index contributed by atoms with van der Waals surface area (Å²) in [5.74, 6) is -0.133. The number of amides is 1. The van der Waals surface area contributed by atoms with Gasteiger partial charge in [0.2, 0.25) is 5.91 Å². The van der Waals surface area contributed by atoms with Crippen molar-refractivity contribution in [2.75, 3.05) is 0 Å². The van der Waals surface area contributed by atoms with E-state index in [1.807, 2.05) is 12.1 Å². The average Bonchev–Trinajstić information content (AvgIpc) is 2.47. The molecule has 0 radical (unpaired) electrons. The van der Waals surface area contributed by atoms with Crippen LogP contribution in [0.25, 0.3) is 0 Å². The number of nitrogens with one attached hydrogen (secondary N) is 1. The van der Waals surface area contributed by atoms with Gasteiger partial charge in [0.25, 0.3) is 0 Å². The summed E-state index contributed by atoms with van der Waals surface area (Å²) in [5.41, 5.74) is 0. The van der Waals surface area contributed by atoms with Gasteiger partial charge < -0.3 is 5.32 Å². The molecule has 1 aromatic rings. The van der Waals surface area contributed by atoms with Gasteiger partial charge in [0, 0.05) is 4.88 Å². The molecule has 72 valence electrons. The normalized spacial score (nSPS) is 12.5. The number of rotatable bonds is 3. The Morgan fingerprint density at radius 1 is 1.77 bits per heavy atom. The molecule has 5 heteroatoms. The molecule has 1 N–H and O–H groups in total. The molecule has 0 fully saturated rings. The minimum absolute atomic E-state index is 0.133. The molecule has 0 bridgehead atoms. The van der Waals surface area contributed by atoms with Crippen LogP contribution in [0, 0.1) is 0 Å². The molecule has 1 heterocycles. The van der Waals surface area contributed by atoms with E-state index in [2.05, 4.69) is 21.2 Å². The van der Waals surface area contributed by atoms with Gasteiger partial charge in [-0.2, -0.15) is 0 Å². The van der Waals surface area contributed by atoms with Gasteiger partial charge in [-0.15, -0.1) is 22.9 Å². The van der Waals surface area contributed by atoms with Crippen LogP contribution in [0.2, 0.25) is 0 Å². The second-order valence-corrected chi connectivity index (χ2v) is 5.74. The van der Waals surface area contributed by atoms with Gasteiger partial charge in [0.1, 0.15) is 5.38 Å². The summed E-state index contributed by atoms with van der Waals surface area (Å²) in [6.45, 7) is 2.20. The van der Waals surface area contributed by atoms with E-state index in [1.54, 1.807) is 18.3 Å². The summed E-state index contributed by atoms with van der Waals surface area (Å²) in [5, 5.41) is 2.26. The lowest BCUT2D eigenvalue weighted by atomic mass is 10.4. The fraction of sp³-hybridized carbons (Fsp3) is 0.375. The fourth-order valence-corrected chi connectivity index (χ4v) is 2.26. The van der Waals surface area contributed by atoms with Gasteiger partial charge in [-0.05, 0) is 35.0 Å². The highest BCUT2D eigenvalue weighted by atomic mass is 79.9. The van der Waals surface area contributed by atoms with Crippen molar-refractivity contribution in [3.05, 3.63) is 20.8 Å². The first-order chi connectivity index (χ1) is 6.09. The predicted octanol–water partition coefficient (Wildman–Crippen LogP) is 2.75. The zero-order valence-corrected chi connectivity index (χ0v) is 10.2. The Hall–Kier alpha value is -0.0600. The van der Waals surface area contributed by atoms with Crippen LogP contribution in [0.4, 0.5) is 0 Å². The largest absolute Gasteiger partial charge is 0.350 e. The molecule has 0 aliphatic carbocycles. The third kappa shape index (κ3) is 3.67. The highest BCUT2D eigenvalue weighted by Crippen LogP contribution is 2.21. The highest BCUT2D eigenvalue weighted by molar-refractivity contribution is 9.11. The number of thiophene rings is 1. The van der Waals surface area contributed by atoms with Crippen LogP contribution in [0.1, 0.15) is 11.8 Å². The molecule has 0 spiro atoms. The Bertz CT molecular complexity index is 300. The summed E-state index contributed by atoms with van der Waals surface area (Å²) in [7, 11) is 0. The van der Waals surface area contributed by atoms with Crippen LogP contribution < -0.4 is 5.32 Å². The van der Waals surface area contributed by atoms with Crippen molar-refractivity contribution in [3.8, 4) is 0 Å². The molecule has 13 heavy (non-hydrogen) atoms. The number of hydrogen-bond acceptors (Lipinski definition) is 2. The maximum Gasteiger partial charge on any atom is 0.238 e. The first-order valence-corrected chi connectivity index (χ1v) is 5.80. The zero-order valence-electron chi connectivity index (χ0n) is 7.01. The molecule has 2 nitrogen and oxygen atoms in total. The van der Waals surface area contributed by atoms with Crippen molar-refractivity contribution >= 4 is 44.8 Å². The molecule has 1 amide bonds. The Morgan fingerprint density at radius 3 is 2.92 bits per heavy atom. The molecule has 1 unspecified atom stereocenters. The Kier molecular flexibility index (Phi) is 4.22. The van der Waals surface area contributed by atoms with Crippen LogP contribution >= 0.6 is 38.9 Å². The van der Waals surface area contributed by atoms with Crippen molar-refractivity contribution in [3.63, 3.8) is 0 Å². The smallest absolute Gasteiger partial charge is 0.238 e. The minimum atomic E-state index is -0.469. The second kappa shape index (κ2) is 4.98. The van der Waals surface area contributed by atoms with Crippen LogP contribution in [-0.4, -0.2) is 11.3 Å². The molecule has 0 saturated heterocycles. The molecule has 0 aliphatic rings. The van der Waals surface area contributed by atoms with E-state index in [4.69, 9.17) is 11.6 Å². The number of hydrogen-bond donors (Lipinski definition) is 1. The molecule has 1 rings (SSSR count). The lowest BCUT2D eigenvalue weighted by Crippen LogP contribution is -2.28. The summed E-state index contributed by atoms with van der Waals surface area (Å²) >= 11 is 10.5. The quantitative estimate of drug-likeness (QED) is 0.849. The van der Waals surface area contributed by atoms with E-state index in [0.29, 0.717) is 6.54 Å². The number of carbonyl (C=O) groups excluding carboxylic acids is 1.